The van der Waals surface area contributed by atoms with Crippen molar-refractivity contribution in [3.8, 4) is 0 Å². The fourth-order valence-corrected chi connectivity index (χ4v) is 3.35. The predicted molar refractivity (Wildman–Crippen MR) is 62.8 cm³/mol. The normalized spacial score (nSPS) is 59.6. The highest BCUT2D eigenvalue weighted by Gasteiger charge is 2.69. The molecule has 5 saturated heterocycles. The summed E-state index contributed by atoms with van der Waals surface area (Å²) in [6, 6.07) is 0. The summed E-state index contributed by atoms with van der Waals surface area (Å²) in [5.74, 6) is -2.80. The molecular weight excluding hydrogens is 304 g/mol. The summed E-state index contributed by atoms with van der Waals surface area (Å²) in [4.78, 5) is 0. The Labute approximate surface area is 124 Å². The Morgan fingerprint density at radius 1 is 0.955 bits per heavy atom. The van der Waals surface area contributed by atoms with Crippen molar-refractivity contribution in [2.45, 2.75) is 61.1 Å². The van der Waals surface area contributed by atoms with Crippen LogP contribution in [0.3, 0.4) is 0 Å². The van der Waals surface area contributed by atoms with Gasteiger partial charge in [-0.2, -0.15) is 0 Å². The first kappa shape index (κ1) is 15.1. The van der Waals surface area contributed by atoms with Gasteiger partial charge in [-0.1, -0.05) is 0 Å². The van der Waals surface area contributed by atoms with Crippen molar-refractivity contribution in [3.05, 3.63) is 0 Å². The lowest BCUT2D eigenvalue weighted by Crippen LogP contribution is -2.80. The largest absolute Gasteiger partial charge is 0.391 e. The monoisotopic (exact) mass is 322 g/mol. The Morgan fingerprint density at radius 3 is 2.32 bits per heavy atom. The molecule has 0 saturated carbocycles. The van der Waals surface area contributed by atoms with Crippen molar-refractivity contribution < 1.29 is 49.2 Å². The van der Waals surface area contributed by atoms with E-state index in [-0.39, 0.29) is 6.61 Å². The van der Waals surface area contributed by atoms with E-state index < -0.39 is 61.3 Å². The van der Waals surface area contributed by atoms with Crippen LogP contribution in [0.4, 0.5) is 0 Å². The molecule has 126 valence electrons. The predicted octanol–water partition coefficient (Wildman–Crippen LogP) is -3.64. The Morgan fingerprint density at radius 2 is 1.68 bits per heavy atom. The third kappa shape index (κ3) is 1.85. The van der Waals surface area contributed by atoms with E-state index in [1.807, 2.05) is 0 Å². The highest BCUT2D eigenvalue weighted by atomic mass is 16.9. The number of ether oxygens (including phenoxy) is 5. The fourth-order valence-electron chi connectivity index (χ4n) is 3.35. The first-order chi connectivity index (χ1) is 10.4. The summed E-state index contributed by atoms with van der Waals surface area (Å²) in [5.41, 5.74) is 0. The summed E-state index contributed by atoms with van der Waals surface area (Å²) in [6.45, 7) is -0.991. The van der Waals surface area contributed by atoms with Crippen LogP contribution in [-0.2, 0) is 23.7 Å². The van der Waals surface area contributed by atoms with Crippen LogP contribution in [0, 0.1) is 0 Å². The summed E-state index contributed by atoms with van der Waals surface area (Å²) >= 11 is 0. The molecule has 0 amide bonds. The molecule has 10 nitrogen and oxygen atoms in total. The molecular formula is C12H18O10. The SMILES string of the molecule is OCC12C[C@@H](O1)C(O)[C@H](O[C@H]1[C@H]3OC1(CO)O[C@@H](O)C3O)O2. The highest BCUT2D eigenvalue weighted by Crippen LogP contribution is 2.48. The quantitative estimate of drug-likeness (QED) is 0.351. The lowest BCUT2D eigenvalue weighted by Gasteiger charge is -2.61. The van der Waals surface area contributed by atoms with Crippen molar-refractivity contribution in [1.82, 2.24) is 0 Å². The second kappa shape index (κ2) is 4.80. The molecule has 5 aliphatic heterocycles. The number of aliphatic hydroxyl groups excluding tert-OH is 5. The second-order valence-corrected chi connectivity index (χ2v) is 6.01. The van der Waals surface area contributed by atoms with Crippen molar-refractivity contribution in [1.29, 1.82) is 0 Å². The maximum atomic E-state index is 10.1. The zero-order chi connectivity index (χ0) is 15.7. The molecule has 0 radical (unpaired) electrons. The van der Waals surface area contributed by atoms with Crippen LogP contribution in [0.2, 0.25) is 0 Å². The fraction of sp³-hybridized carbons (Fsp3) is 1.00. The van der Waals surface area contributed by atoms with Gasteiger partial charge >= 0.3 is 0 Å². The zero-order valence-corrected chi connectivity index (χ0v) is 11.4. The minimum Gasteiger partial charge on any atom is -0.391 e. The van der Waals surface area contributed by atoms with Gasteiger partial charge in [0, 0.05) is 6.42 Å². The molecule has 5 heterocycles. The standard InChI is InChI=1S/C12H18O10/c13-2-11-1-4(19-11)5(15)10(22-11)18-8-7-6(16)9(17)21-12(8,3-14)20-7/h4-10,13-17H,1-3H2/t4-,5?,6?,7+,8+,9-,10-,11?,12?/m1/s1. The molecule has 5 N–H and O–H groups in total. The highest BCUT2D eigenvalue weighted by molar-refractivity contribution is 5.06. The average molecular weight is 322 g/mol. The van der Waals surface area contributed by atoms with Crippen LogP contribution in [0.15, 0.2) is 0 Å². The van der Waals surface area contributed by atoms with Gasteiger partial charge in [-0.3, -0.25) is 0 Å². The maximum Gasteiger partial charge on any atom is 0.224 e. The third-order valence-corrected chi connectivity index (χ3v) is 4.63. The van der Waals surface area contributed by atoms with E-state index >= 15 is 0 Å². The topological polar surface area (TPSA) is 147 Å². The number of rotatable bonds is 4. The molecule has 0 aromatic carbocycles. The summed E-state index contributed by atoms with van der Waals surface area (Å²) < 4.78 is 26.6. The third-order valence-electron chi connectivity index (χ3n) is 4.63. The van der Waals surface area contributed by atoms with Crippen LogP contribution in [-0.4, -0.2) is 93.4 Å². The van der Waals surface area contributed by atoms with Crippen LogP contribution < -0.4 is 0 Å². The van der Waals surface area contributed by atoms with E-state index in [9.17, 15) is 25.5 Å². The zero-order valence-electron chi connectivity index (χ0n) is 11.4. The number of hydrogen-bond donors (Lipinski definition) is 5. The van der Waals surface area contributed by atoms with Crippen LogP contribution in [0.5, 0.6) is 0 Å². The molecule has 0 aliphatic carbocycles. The molecule has 0 aromatic heterocycles. The Bertz CT molecular complexity index is 453. The van der Waals surface area contributed by atoms with Crippen LogP contribution in [0.25, 0.3) is 0 Å². The van der Waals surface area contributed by atoms with E-state index in [0.717, 1.165) is 0 Å². The average Bonchev–Trinajstić information content (AvgIpc) is 2.47. The molecule has 22 heavy (non-hydrogen) atoms. The van der Waals surface area contributed by atoms with Crippen LogP contribution >= 0.6 is 0 Å². The van der Waals surface area contributed by atoms with Gasteiger partial charge in [0.1, 0.15) is 31.0 Å². The molecule has 4 bridgehead atoms. The van der Waals surface area contributed by atoms with Gasteiger partial charge in [-0.25, -0.2) is 0 Å². The molecule has 5 aliphatic rings. The minimum absolute atomic E-state index is 0.345. The number of hydrogen-bond acceptors (Lipinski definition) is 10. The Hall–Kier alpha value is -0.400. The van der Waals surface area contributed by atoms with Gasteiger partial charge in [-0.15, -0.1) is 0 Å². The van der Waals surface area contributed by atoms with Crippen molar-refractivity contribution >= 4 is 0 Å². The lowest BCUT2D eigenvalue weighted by atomic mass is 9.88. The van der Waals surface area contributed by atoms with E-state index in [1.54, 1.807) is 0 Å². The van der Waals surface area contributed by atoms with Gasteiger partial charge in [0.05, 0.1) is 12.7 Å². The van der Waals surface area contributed by atoms with Gasteiger partial charge in [0.15, 0.2) is 18.4 Å². The van der Waals surface area contributed by atoms with Gasteiger partial charge in [-0.05, 0) is 0 Å². The summed E-state index contributed by atoms with van der Waals surface area (Å²) in [6.07, 6.45) is -7.10. The Balaban J connectivity index is 1.49. The minimum atomic E-state index is -1.61. The number of aliphatic hydroxyl groups is 5. The van der Waals surface area contributed by atoms with Crippen molar-refractivity contribution in [2.75, 3.05) is 13.2 Å². The number of fused-ring (bicyclic) bond motifs is 4. The first-order valence-corrected chi connectivity index (χ1v) is 7.06. The van der Waals surface area contributed by atoms with Crippen molar-refractivity contribution in [3.63, 3.8) is 0 Å². The second-order valence-electron chi connectivity index (χ2n) is 6.01. The first-order valence-electron chi connectivity index (χ1n) is 7.06. The lowest BCUT2D eigenvalue weighted by molar-refractivity contribution is -0.532. The molecule has 9 atom stereocenters. The Kier molecular flexibility index (Phi) is 3.31. The molecule has 10 heteroatoms. The van der Waals surface area contributed by atoms with E-state index in [2.05, 4.69) is 0 Å². The van der Waals surface area contributed by atoms with Crippen molar-refractivity contribution in [2.24, 2.45) is 0 Å². The van der Waals surface area contributed by atoms with Gasteiger partial charge < -0.3 is 49.2 Å². The molecule has 0 spiro atoms. The van der Waals surface area contributed by atoms with Crippen LogP contribution in [0.1, 0.15) is 6.42 Å². The molecule has 0 aromatic rings. The molecule has 4 unspecified atom stereocenters. The maximum absolute atomic E-state index is 10.1. The summed E-state index contributed by atoms with van der Waals surface area (Å²) in [7, 11) is 0. The molecule has 5 rings (SSSR count). The molecule has 5 fully saturated rings. The summed E-state index contributed by atoms with van der Waals surface area (Å²) in [5, 5.41) is 48.1. The van der Waals surface area contributed by atoms with E-state index in [0.29, 0.717) is 6.42 Å². The van der Waals surface area contributed by atoms with Gasteiger partial charge in [0.25, 0.3) is 0 Å². The smallest absolute Gasteiger partial charge is 0.224 e. The van der Waals surface area contributed by atoms with E-state index in [4.69, 9.17) is 23.7 Å². The van der Waals surface area contributed by atoms with Gasteiger partial charge in [0.2, 0.25) is 5.79 Å². The van der Waals surface area contributed by atoms with E-state index in [1.165, 1.54) is 0 Å².